The Morgan fingerprint density at radius 3 is 1.78 bits per heavy atom. The molecule has 10 rings (SSSR count). The summed E-state index contributed by atoms with van der Waals surface area (Å²) in [6.45, 7) is 4.74. The van der Waals surface area contributed by atoms with Crippen molar-refractivity contribution < 1.29 is 0 Å². The van der Waals surface area contributed by atoms with Crippen molar-refractivity contribution in [1.82, 2.24) is 4.98 Å². The van der Waals surface area contributed by atoms with E-state index in [1.54, 1.807) is 0 Å². The minimum Gasteiger partial charge on any atom is -0.247 e. The van der Waals surface area contributed by atoms with E-state index >= 15 is 0 Å². The van der Waals surface area contributed by atoms with Crippen LogP contribution in [0.2, 0.25) is 0 Å². The van der Waals surface area contributed by atoms with Gasteiger partial charge in [-0.15, -0.1) is 0 Å². The molecule has 0 N–H and O–H groups in total. The van der Waals surface area contributed by atoms with Crippen molar-refractivity contribution in [3.05, 3.63) is 175 Å². The largest absolute Gasteiger partial charge is 0.247 e. The summed E-state index contributed by atoms with van der Waals surface area (Å²) < 4.78 is 0. The van der Waals surface area contributed by atoms with E-state index in [1.165, 1.54) is 82.2 Å². The lowest BCUT2D eigenvalue weighted by Gasteiger charge is -2.24. The van der Waals surface area contributed by atoms with Crippen LogP contribution in [0.1, 0.15) is 25.0 Å². The third-order valence-electron chi connectivity index (χ3n) is 10.8. The number of rotatable bonds is 3. The van der Waals surface area contributed by atoms with Gasteiger partial charge in [-0.1, -0.05) is 147 Å². The highest BCUT2D eigenvalue weighted by Gasteiger charge is 2.37. The molecule has 0 bridgehead atoms. The molecule has 1 aliphatic carbocycles. The minimum absolute atomic E-state index is 0.117. The highest BCUT2D eigenvalue weighted by atomic mass is 14.7. The summed E-state index contributed by atoms with van der Waals surface area (Å²) in [5.41, 5.74) is 13.4. The van der Waals surface area contributed by atoms with E-state index in [2.05, 4.69) is 178 Å². The standard InChI is InChI=1S/C48H33N/c1-48(2)43-16-7-5-14-39(43)40-24-25-42-45(46(40)48)41-15-6-8-17-44(41)49-47(42)38-13-9-12-32(29-38)33-20-21-37-28-36(23-22-35(37)27-33)34-19-18-30-10-3-4-11-31(30)26-34/h3-29H,1-2H3. The summed E-state index contributed by atoms with van der Waals surface area (Å²) in [5, 5.41) is 8.75. The maximum absolute atomic E-state index is 5.34. The van der Waals surface area contributed by atoms with Crippen molar-refractivity contribution in [1.29, 1.82) is 0 Å². The lowest BCUT2D eigenvalue weighted by Crippen LogP contribution is -2.15. The van der Waals surface area contributed by atoms with Crippen molar-refractivity contribution in [3.63, 3.8) is 0 Å². The second-order valence-electron chi connectivity index (χ2n) is 14.0. The zero-order chi connectivity index (χ0) is 32.7. The molecule has 0 amide bonds. The summed E-state index contributed by atoms with van der Waals surface area (Å²) >= 11 is 0. The predicted molar refractivity (Wildman–Crippen MR) is 208 cm³/mol. The van der Waals surface area contributed by atoms with E-state index in [0.717, 1.165) is 16.8 Å². The molecule has 0 unspecified atom stereocenters. The van der Waals surface area contributed by atoms with Crippen LogP contribution in [0.3, 0.4) is 0 Å². The molecule has 0 saturated heterocycles. The number of pyridine rings is 1. The zero-order valence-corrected chi connectivity index (χ0v) is 27.5. The fraction of sp³-hybridized carbons (Fsp3) is 0.0625. The van der Waals surface area contributed by atoms with Crippen LogP contribution in [0.4, 0.5) is 0 Å². The van der Waals surface area contributed by atoms with Crippen molar-refractivity contribution in [2.75, 3.05) is 0 Å². The van der Waals surface area contributed by atoms with Gasteiger partial charge in [0.05, 0.1) is 11.2 Å². The molecule has 0 radical (unpaired) electrons. The van der Waals surface area contributed by atoms with E-state index in [9.17, 15) is 0 Å². The molecule has 1 nitrogen and oxygen atoms in total. The molecular formula is C48H33N. The van der Waals surface area contributed by atoms with E-state index in [-0.39, 0.29) is 5.41 Å². The first-order chi connectivity index (χ1) is 24.0. The Balaban J connectivity index is 1.09. The van der Waals surface area contributed by atoms with E-state index in [0.29, 0.717) is 0 Å². The summed E-state index contributed by atoms with van der Waals surface area (Å²) in [4.78, 5) is 5.34. The van der Waals surface area contributed by atoms with E-state index < -0.39 is 0 Å². The van der Waals surface area contributed by atoms with Gasteiger partial charge in [-0.2, -0.15) is 0 Å². The Morgan fingerprint density at radius 2 is 1.00 bits per heavy atom. The molecule has 0 spiro atoms. The fourth-order valence-corrected chi connectivity index (χ4v) is 8.35. The van der Waals surface area contributed by atoms with Crippen LogP contribution in [0.15, 0.2) is 164 Å². The number of benzene rings is 8. The number of aromatic nitrogens is 1. The highest BCUT2D eigenvalue weighted by molar-refractivity contribution is 6.15. The van der Waals surface area contributed by atoms with E-state index in [1.807, 2.05) is 0 Å². The number of hydrogen-bond acceptors (Lipinski definition) is 1. The molecule has 9 aromatic rings. The molecule has 0 saturated carbocycles. The molecule has 8 aromatic carbocycles. The van der Waals surface area contributed by atoms with Crippen LogP contribution in [-0.2, 0) is 5.41 Å². The molecule has 0 aliphatic heterocycles. The predicted octanol–water partition coefficient (Wildman–Crippen LogP) is 13.0. The van der Waals surface area contributed by atoms with Crippen LogP contribution >= 0.6 is 0 Å². The molecular weight excluding hydrogens is 591 g/mol. The van der Waals surface area contributed by atoms with Gasteiger partial charge in [0, 0.05) is 21.8 Å². The molecule has 49 heavy (non-hydrogen) atoms. The van der Waals surface area contributed by atoms with Gasteiger partial charge >= 0.3 is 0 Å². The smallest absolute Gasteiger partial charge is 0.0788 e. The molecule has 1 aromatic heterocycles. The molecule has 1 heterocycles. The second-order valence-corrected chi connectivity index (χ2v) is 14.0. The Bertz CT molecular complexity index is 2800. The van der Waals surface area contributed by atoms with Crippen LogP contribution < -0.4 is 0 Å². The van der Waals surface area contributed by atoms with Gasteiger partial charge in [0.2, 0.25) is 0 Å². The summed E-state index contributed by atoms with van der Waals surface area (Å²) in [6.07, 6.45) is 0. The Morgan fingerprint density at radius 1 is 0.408 bits per heavy atom. The normalized spacial score (nSPS) is 13.3. The lowest BCUT2D eigenvalue weighted by atomic mass is 9.79. The molecule has 1 heteroatoms. The average molecular weight is 624 g/mol. The molecule has 1 aliphatic rings. The first kappa shape index (κ1) is 28.0. The monoisotopic (exact) mass is 623 g/mol. The van der Waals surface area contributed by atoms with Crippen molar-refractivity contribution in [2.45, 2.75) is 19.3 Å². The van der Waals surface area contributed by atoms with Crippen molar-refractivity contribution in [2.24, 2.45) is 0 Å². The molecule has 0 atom stereocenters. The van der Waals surface area contributed by atoms with Gasteiger partial charge in [0.15, 0.2) is 0 Å². The maximum Gasteiger partial charge on any atom is 0.0788 e. The van der Waals surface area contributed by atoms with Gasteiger partial charge < -0.3 is 0 Å². The zero-order valence-electron chi connectivity index (χ0n) is 27.5. The SMILES string of the molecule is CC1(C)c2ccccc2-c2ccc3c(-c4cccc(-c5ccc6cc(-c7ccc8ccccc8c7)ccc6c5)c4)nc4ccccc4c3c21. The van der Waals surface area contributed by atoms with Crippen molar-refractivity contribution in [3.8, 4) is 44.6 Å². The summed E-state index contributed by atoms with van der Waals surface area (Å²) in [5.74, 6) is 0. The van der Waals surface area contributed by atoms with Crippen LogP contribution in [0, 0.1) is 0 Å². The van der Waals surface area contributed by atoms with Gasteiger partial charge in [-0.25, -0.2) is 4.98 Å². The third kappa shape index (κ3) is 4.29. The number of para-hydroxylation sites is 1. The maximum atomic E-state index is 5.34. The Hall–Kier alpha value is -6.05. The Labute approximate surface area is 286 Å². The number of nitrogens with zero attached hydrogens (tertiary/aromatic N) is 1. The van der Waals surface area contributed by atoms with Crippen molar-refractivity contribution >= 4 is 43.2 Å². The van der Waals surface area contributed by atoms with E-state index in [4.69, 9.17) is 4.98 Å². The van der Waals surface area contributed by atoms with Gasteiger partial charge in [0.25, 0.3) is 0 Å². The first-order valence-electron chi connectivity index (χ1n) is 17.1. The number of hydrogen-bond donors (Lipinski definition) is 0. The van der Waals surface area contributed by atoms with Gasteiger partial charge in [0.1, 0.15) is 0 Å². The van der Waals surface area contributed by atoms with Gasteiger partial charge in [-0.3, -0.25) is 0 Å². The van der Waals surface area contributed by atoms with Gasteiger partial charge in [-0.05, 0) is 102 Å². The quantitative estimate of drug-likeness (QED) is 0.178. The first-order valence-corrected chi connectivity index (χ1v) is 17.1. The summed E-state index contributed by atoms with van der Waals surface area (Å²) in [7, 11) is 0. The number of fused-ring (bicyclic) bond motifs is 9. The summed E-state index contributed by atoms with van der Waals surface area (Å²) in [6, 6.07) is 60.0. The average Bonchev–Trinajstić information content (AvgIpc) is 3.40. The van der Waals surface area contributed by atoms with Crippen LogP contribution in [-0.4, -0.2) is 4.98 Å². The van der Waals surface area contributed by atoms with Crippen LogP contribution in [0.25, 0.3) is 87.9 Å². The third-order valence-corrected chi connectivity index (χ3v) is 10.8. The fourth-order valence-electron chi connectivity index (χ4n) is 8.35. The topological polar surface area (TPSA) is 12.9 Å². The second kappa shape index (κ2) is 10.5. The van der Waals surface area contributed by atoms with Crippen LogP contribution in [0.5, 0.6) is 0 Å². The highest BCUT2D eigenvalue weighted by Crippen LogP contribution is 2.53. The molecule has 230 valence electrons. The Kier molecular flexibility index (Phi) is 5.99. The minimum atomic E-state index is -0.117. The molecule has 0 fully saturated rings. The lowest BCUT2D eigenvalue weighted by molar-refractivity contribution is 0.666.